The van der Waals surface area contributed by atoms with Crippen LogP contribution in [0.4, 0.5) is 0 Å². The molecule has 1 fully saturated rings. The number of unbranched alkanes of at least 4 members (excludes halogenated alkanes) is 8. The van der Waals surface area contributed by atoms with Crippen molar-refractivity contribution in [2.75, 3.05) is 13.2 Å². The van der Waals surface area contributed by atoms with Gasteiger partial charge in [-0.15, -0.1) is 0 Å². The van der Waals surface area contributed by atoms with Gasteiger partial charge in [0.05, 0.1) is 12.7 Å². The zero-order valence-electron chi connectivity index (χ0n) is 38.7. The van der Waals surface area contributed by atoms with E-state index < -0.39 is 89.6 Å². The van der Waals surface area contributed by atoms with Crippen molar-refractivity contribution in [1.29, 1.82) is 0 Å². The van der Waals surface area contributed by atoms with Crippen LogP contribution in [0, 0.1) is 0 Å². The van der Waals surface area contributed by atoms with Crippen LogP contribution in [-0.4, -0.2) is 114 Å². The van der Waals surface area contributed by atoms with Gasteiger partial charge in [-0.25, -0.2) is 9.13 Å². The molecule has 1 aliphatic rings. The summed E-state index contributed by atoms with van der Waals surface area (Å²) in [4.78, 5) is 54.2. The molecule has 0 spiro atoms. The molecule has 0 saturated heterocycles. The SMILES string of the molecule is CC/C=C\C/C=C\C/C=C\CCCCCCCC(=O)OC[C@H](COP(=O)(O)O[C@H]1C(O)C(O)C(O)[C@@H](OP(=O)(O)O)C1O)OC(=O)CCC/C=C\C/C=C\C/C=C\C=C\[C@@H](O)CCCCC. The Morgan fingerprint density at radius 1 is 0.576 bits per heavy atom. The van der Waals surface area contributed by atoms with Crippen molar-refractivity contribution in [3.8, 4) is 0 Å². The van der Waals surface area contributed by atoms with Crippen LogP contribution < -0.4 is 0 Å². The number of esters is 2. The van der Waals surface area contributed by atoms with Crippen molar-refractivity contribution in [1.82, 2.24) is 0 Å². The van der Waals surface area contributed by atoms with Gasteiger partial charge in [-0.2, -0.15) is 0 Å². The lowest BCUT2D eigenvalue weighted by Gasteiger charge is -2.43. The van der Waals surface area contributed by atoms with Gasteiger partial charge < -0.3 is 49.7 Å². The van der Waals surface area contributed by atoms with Crippen LogP contribution >= 0.6 is 15.6 Å². The van der Waals surface area contributed by atoms with Crippen LogP contribution in [0.1, 0.15) is 136 Å². The van der Waals surface area contributed by atoms with E-state index in [0.717, 1.165) is 83.5 Å². The lowest BCUT2D eigenvalue weighted by Crippen LogP contribution is -2.64. The maximum Gasteiger partial charge on any atom is 0.472 e. The fraction of sp³-hybridized carbons (Fsp3) is 0.660. The van der Waals surface area contributed by atoms with E-state index in [1.54, 1.807) is 6.08 Å². The van der Waals surface area contributed by atoms with Gasteiger partial charge in [-0.05, 0) is 70.6 Å². The third kappa shape index (κ3) is 31.2. The van der Waals surface area contributed by atoms with E-state index in [9.17, 15) is 49.1 Å². The van der Waals surface area contributed by atoms with E-state index in [1.165, 1.54) is 0 Å². The first kappa shape index (κ1) is 61.2. The molecule has 5 unspecified atom stereocenters. The van der Waals surface area contributed by atoms with Crippen LogP contribution in [0.15, 0.2) is 85.1 Å². The predicted octanol–water partition coefficient (Wildman–Crippen LogP) is 7.58. The first-order valence-corrected chi connectivity index (χ1v) is 26.3. The number of hydrogen-bond donors (Lipinski definition) is 8. The first-order chi connectivity index (χ1) is 31.5. The molecule has 9 atom stereocenters. The quantitative estimate of drug-likeness (QED) is 0.00979. The van der Waals surface area contributed by atoms with E-state index in [-0.39, 0.29) is 12.8 Å². The number of aliphatic hydroxyl groups is 5. The minimum atomic E-state index is -5.38. The van der Waals surface area contributed by atoms with E-state index >= 15 is 0 Å². The summed E-state index contributed by atoms with van der Waals surface area (Å²) in [6.07, 6.45) is 27.3. The summed E-state index contributed by atoms with van der Waals surface area (Å²) >= 11 is 0. The Balaban J connectivity index is 2.68. The predicted molar refractivity (Wildman–Crippen MR) is 251 cm³/mol. The summed E-state index contributed by atoms with van der Waals surface area (Å²) in [5.74, 6) is -1.33. The Hall–Kier alpha value is -2.86. The average molecular weight is 977 g/mol. The number of phosphoric ester groups is 2. The first-order valence-electron chi connectivity index (χ1n) is 23.2. The van der Waals surface area contributed by atoms with Gasteiger partial charge in [0, 0.05) is 12.8 Å². The Bertz CT molecular complexity index is 1620. The largest absolute Gasteiger partial charge is 0.472 e. The van der Waals surface area contributed by atoms with Crippen molar-refractivity contribution in [3.63, 3.8) is 0 Å². The van der Waals surface area contributed by atoms with Crippen molar-refractivity contribution >= 4 is 27.6 Å². The van der Waals surface area contributed by atoms with Crippen LogP contribution in [-0.2, 0) is 41.8 Å². The molecule has 0 aromatic carbocycles. The van der Waals surface area contributed by atoms with Gasteiger partial charge in [0.15, 0.2) is 6.10 Å². The molecule has 0 aliphatic heterocycles. The van der Waals surface area contributed by atoms with E-state index in [0.29, 0.717) is 25.7 Å². The highest BCUT2D eigenvalue weighted by Crippen LogP contribution is 2.49. The molecule has 8 N–H and O–H groups in total. The lowest BCUT2D eigenvalue weighted by atomic mass is 9.85. The summed E-state index contributed by atoms with van der Waals surface area (Å²) in [6.45, 7) is 2.79. The molecule has 0 aromatic heterocycles. The highest BCUT2D eigenvalue weighted by molar-refractivity contribution is 7.47. The minimum absolute atomic E-state index is 0.0606. The Morgan fingerprint density at radius 3 is 1.74 bits per heavy atom. The number of carbonyl (C=O) groups is 2. The minimum Gasteiger partial charge on any atom is -0.462 e. The number of allylic oxidation sites excluding steroid dienone is 13. The molecular weight excluding hydrogens is 898 g/mol. The van der Waals surface area contributed by atoms with Crippen molar-refractivity contribution in [2.45, 2.75) is 185 Å². The second-order valence-corrected chi connectivity index (χ2v) is 18.5. The number of carbonyl (C=O) groups excluding carboxylic acids is 2. The molecule has 19 heteroatoms. The van der Waals surface area contributed by atoms with Crippen LogP contribution in [0.5, 0.6) is 0 Å². The van der Waals surface area contributed by atoms with Crippen LogP contribution in [0.2, 0.25) is 0 Å². The van der Waals surface area contributed by atoms with E-state index in [4.69, 9.17) is 28.3 Å². The molecule has 1 rings (SSSR count). The molecule has 1 saturated carbocycles. The molecule has 1 aliphatic carbocycles. The molecule has 0 bridgehead atoms. The number of ether oxygens (including phenoxy) is 2. The van der Waals surface area contributed by atoms with Crippen LogP contribution in [0.3, 0.4) is 0 Å². The molecule has 0 radical (unpaired) electrons. The average Bonchev–Trinajstić information content (AvgIpc) is 3.26. The van der Waals surface area contributed by atoms with Crippen LogP contribution in [0.25, 0.3) is 0 Å². The topological polar surface area (TPSA) is 276 Å². The van der Waals surface area contributed by atoms with Gasteiger partial charge in [0.2, 0.25) is 0 Å². The van der Waals surface area contributed by atoms with Crippen molar-refractivity contribution in [2.24, 2.45) is 0 Å². The summed E-state index contributed by atoms with van der Waals surface area (Å²) in [6, 6.07) is 0. The lowest BCUT2D eigenvalue weighted by molar-refractivity contribution is -0.216. The molecule has 378 valence electrons. The molecule has 0 aromatic rings. The number of hydrogen-bond acceptors (Lipinski definition) is 14. The van der Waals surface area contributed by atoms with Gasteiger partial charge in [0.1, 0.15) is 43.2 Å². The zero-order chi connectivity index (χ0) is 49.1. The van der Waals surface area contributed by atoms with E-state index in [1.807, 2.05) is 42.5 Å². The second-order valence-electron chi connectivity index (χ2n) is 15.9. The Labute approximate surface area is 391 Å². The van der Waals surface area contributed by atoms with Crippen molar-refractivity contribution in [3.05, 3.63) is 85.1 Å². The summed E-state index contributed by atoms with van der Waals surface area (Å²) < 4.78 is 49.2. The fourth-order valence-electron chi connectivity index (χ4n) is 6.44. The molecular formula is C47H78O17P2. The smallest absolute Gasteiger partial charge is 0.462 e. The number of rotatable bonds is 37. The molecule has 66 heavy (non-hydrogen) atoms. The summed E-state index contributed by atoms with van der Waals surface area (Å²) in [5, 5.41) is 51.1. The standard InChI is InChI=1S/C47H78O17P2/c1-3-5-7-8-9-10-11-12-13-14-17-20-23-26-30-34-40(49)60-36-39(37-61-66(58,59)64-47-44(53)42(51)43(52)46(45(47)54)63-65(55,56)57)62-41(50)35-31-27-24-21-18-15-16-19-22-25-29-33-38(48)32-28-6-4-2/h5,7,9-10,12-13,15-16,21-22,24-25,29,33,38-39,42-48,51-54H,3-4,6,8,11,14,17-20,23,26-28,30-32,34-37H2,1-2H3,(H,58,59)(H2,55,56,57)/b7-5-,10-9-,13-12-,16-15-,24-21-,25-22-,33-29+/t38-,39+,42?,43?,44?,45?,46+,47-/m0/s1. The second kappa shape index (κ2) is 37.1. The maximum absolute atomic E-state index is 13.0. The molecule has 0 amide bonds. The zero-order valence-corrected chi connectivity index (χ0v) is 40.5. The van der Waals surface area contributed by atoms with Gasteiger partial charge in [-0.1, -0.05) is 137 Å². The van der Waals surface area contributed by atoms with E-state index in [2.05, 4.69) is 54.8 Å². The highest BCUT2D eigenvalue weighted by atomic mass is 31.2. The Morgan fingerprint density at radius 2 is 1.12 bits per heavy atom. The third-order valence-corrected chi connectivity index (χ3v) is 11.6. The maximum atomic E-state index is 13.0. The monoisotopic (exact) mass is 976 g/mol. The molecule has 0 heterocycles. The molecule has 17 nitrogen and oxygen atoms in total. The van der Waals surface area contributed by atoms with Gasteiger partial charge in [0.25, 0.3) is 0 Å². The number of phosphoric acid groups is 2. The summed E-state index contributed by atoms with van der Waals surface area (Å²) in [5.41, 5.74) is 0. The van der Waals surface area contributed by atoms with Gasteiger partial charge in [-0.3, -0.25) is 23.2 Å². The van der Waals surface area contributed by atoms with Crippen molar-refractivity contribution < 1.29 is 82.0 Å². The third-order valence-electron chi connectivity index (χ3n) is 10.1. The fourth-order valence-corrected chi connectivity index (χ4v) is 7.97. The highest BCUT2D eigenvalue weighted by Gasteiger charge is 2.54. The normalized spacial score (nSPS) is 22.8. The van der Waals surface area contributed by atoms with Gasteiger partial charge >= 0.3 is 27.6 Å². The Kier molecular flexibility index (Phi) is 34.4. The summed E-state index contributed by atoms with van der Waals surface area (Å²) in [7, 11) is -10.7. The number of aliphatic hydroxyl groups excluding tert-OH is 5.